The third-order valence-corrected chi connectivity index (χ3v) is 8.48. The van der Waals surface area contributed by atoms with Crippen molar-refractivity contribution in [1.82, 2.24) is 4.90 Å². The molecule has 2 aliphatic rings. The molecule has 3 aromatic carbocycles. The van der Waals surface area contributed by atoms with Crippen LogP contribution in [0.15, 0.2) is 72.8 Å². The summed E-state index contributed by atoms with van der Waals surface area (Å²) in [5.74, 6) is -1.52. The quantitative estimate of drug-likeness (QED) is 0.274. The zero-order valence-corrected chi connectivity index (χ0v) is 24.6. The van der Waals surface area contributed by atoms with Crippen molar-refractivity contribution in [3.05, 3.63) is 106 Å². The first-order chi connectivity index (χ1) is 20.9. The van der Waals surface area contributed by atoms with Crippen LogP contribution in [-0.2, 0) is 31.9 Å². The molecule has 45 heavy (non-hydrogen) atoms. The molecule has 1 N–H and O–H groups in total. The lowest BCUT2D eigenvalue weighted by atomic mass is 9.83. The Morgan fingerprint density at radius 3 is 2.02 bits per heavy atom. The lowest BCUT2D eigenvalue weighted by Crippen LogP contribution is -2.39. The number of ether oxygens (including phenoxy) is 1. The fourth-order valence-electron chi connectivity index (χ4n) is 5.86. The van der Waals surface area contributed by atoms with Gasteiger partial charge in [-0.25, -0.2) is 12.8 Å². The van der Waals surface area contributed by atoms with E-state index in [0.29, 0.717) is 40.9 Å². The lowest BCUT2D eigenvalue weighted by Gasteiger charge is -2.33. The molecule has 3 aromatic rings. The minimum atomic E-state index is -5.03. The smallest absolute Gasteiger partial charge is 0.368 e. The predicted octanol–water partition coefficient (Wildman–Crippen LogP) is 7.16. The third kappa shape index (κ3) is 7.33. The first-order valence-corrected chi connectivity index (χ1v) is 15.6. The monoisotopic (exact) mass is 656 g/mol. The fourth-order valence-corrected chi connectivity index (χ4v) is 6.43. The highest BCUT2D eigenvalue weighted by atomic mass is 32.2. The number of anilines is 1. The number of sulfonamides is 1. The Labute approximate surface area is 254 Å². The molecule has 6 nitrogen and oxygen atoms in total. The summed E-state index contributed by atoms with van der Waals surface area (Å²) in [5, 5.41) is 0. The average Bonchev–Trinajstić information content (AvgIpc) is 3.30. The number of alkyl halides is 6. The van der Waals surface area contributed by atoms with E-state index in [1.807, 2.05) is 0 Å². The molecule has 14 heteroatoms. The molecular formula is C31H27F7N2O4S. The predicted molar refractivity (Wildman–Crippen MR) is 152 cm³/mol. The van der Waals surface area contributed by atoms with Gasteiger partial charge in [0.1, 0.15) is 5.82 Å². The average molecular weight is 657 g/mol. The van der Waals surface area contributed by atoms with Crippen molar-refractivity contribution in [2.24, 2.45) is 0 Å². The number of amides is 1. The lowest BCUT2D eigenvalue weighted by molar-refractivity contribution is -0.143. The van der Waals surface area contributed by atoms with E-state index >= 15 is 0 Å². The summed E-state index contributed by atoms with van der Waals surface area (Å²) in [6.07, 6.45) is -9.44. The molecule has 240 valence electrons. The number of halogens is 7. The topological polar surface area (TPSA) is 75.7 Å². The standard InChI is InChI=1S/C31H27F7N2O4S/c1-17(20-11-22(30(33,34)35)15-23(12-20)31(36,37)38)44-27-16-40-26(29(27)19-3-7-24(32)8-4-19)13-21(14-28(40)41)18-5-9-25(10-6-18)39-45(2,42)43/h3-12,14-15,17,26-27,29,39H,13,16H2,1-2H3/t17-,26?,27+,29?/m1/s1. The summed E-state index contributed by atoms with van der Waals surface area (Å²) in [6.45, 7) is 1.33. The summed E-state index contributed by atoms with van der Waals surface area (Å²) in [6, 6.07) is 12.5. The highest BCUT2D eigenvalue weighted by molar-refractivity contribution is 7.92. The number of carbonyl (C=O) groups is 1. The van der Waals surface area contributed by atoms with Gasteiger partial charge in [0.15, 0.2) is 0 Å². The normalized spacial score (nSPS) is 21.4. The Balaban J connectivity index is 1.46. The van der Waals surface area contributed by atoms with Crippen molar-refractivity contribution in [1.29, 1.82) is 0 Å². The molecule has 0 aliphatic carbocycles. The van der Waals surface area contributed by atoms with Gasteiger partial charge in [0.2, 0.25) is 15.9 Å². The van der Waals surface area contributed by atoms with Gasteiger partial charge in [-0.05, 0) is 78.1 Å². The first kappa shape index (κ1) is 32.5. The number of fused-ring (bicyclic) bond motifs is 1. The summed E-state index contributed by atoms with van der Waals surface area (Å²) in [4.78, 5) is 14.9. The minimum absolute atomic E-state index is 0.0119. The van der Waals surface area contributed by atoms with Crippen LogP contribution in [-0.4, -0.2) is 44.2 Å². The highest BCUT2D eigenvalue weighted by Crippen LogP contribution is 2.45. The van der Waals surface area contributed by atoms with Gasteiger partial charge in [-0.3, -0.25) is 9.52 Å². The number of nitrogens with one attached hydrogen (secondary N) is 1. The first-order valence-electron chi connectivity index (χ1n) is 13.7. The highest BCUT2D eigenvalue weighted by Gasteiger charge is 2.48. The Hall–Kier alpha value is -3.91. The molecule has 1 amide bonds. The zero-order chi connectivity index (χ0) is 32.9. The van der Waals surface area contributed by atoms with Gasteiger partial charge in [0.05, 0.1) is 29.6 Å². The number of benzene rings is 3. The molecule has 1 saturated heterocycles. The maximum atomic E-state index is 13.9. The van der Waals surface area contributed by atoms with Crippen molar-refractivity contribution in [3.8, 4) is 0 Å². The van der Waals surface area contributed by atoms with Crippen molar-refractivity contribution in [3.63, 3.8) is 0 Å². The molecule has 0 aromatic heterocycles. The second-order valence-electron chi connectivity index (χ2n) is 11.1. The van der Waals surface area contributed by atoms with Crippen LogP contribution >= 0.6 is 0 Å². The van der Waals surface area contributed by atoms with Crippen LogP contribution in [0.4, 0.5) is 36.4 Å². The second-order valence-corrected chi connectivity index (χ2v) is 12.9. The Bertz CT molecular complexity index is 1690. The van der Waals surface area contributed by atoms with Gasteiger partial charge in [-0.2, -0.15) is 26.3 Å². The maximum Gasteiger partial charge on any atom is 0.416 e. The van der Waals surface area contributed by atoms with E-state index in [0.717, 1.165) is 6.26 Å². The van der Waals surface area contributed by atoms with E-state index in [1.165, 1.54) is 54.3 Å². The van der Waals surface area contributed by atoms with E-state index in [9.17, 15) is 43.9 Å². The van der Waals surface area contributed by atoms with Crippen LogP contribution in [0.3, 0.4) is 0 Å². The van der Waals surface area contributed by atoms with Crippen molar-refractivity contribution < 1.29 is 48.7 Å². The molecule has 0 bridgehead atoms. The number of rotatable bonds is 7. The summed E-state index contributed by atoms with van der Waals surface area (Å²) in [5.41, 5.74) is -1.12. The van der Waals surface area contributed by atoms with E-state index in [1.54, 1.807) is 12.1 Å². The SMILES string of the molecule is C[C@@H](O[C@H]1CN2C(=O)C=C(c3ccc(NS(C)(=O)=O)cc3)CC2C1c1ccc(F)cc1)c1cc(C(F)(F)F)cc(C(F)(F)F)c1. The summed E-state index contributed by atoms with van der Waals surface area (Å²) in [7, 11) is -3.51. The van der Waals surface area contributed by atoms with Gasteiger partial charge in [0.25, 0.3) is 0 Å². The Morgan fingerprint density at radius 1 is 0.911 bits per heavy atom. The molecule has 2 unspecified atom stereocenters. The summed E-state index contributed by atoms with van der Waals surface area (Å²) >= 11 is 0. The van der Waals surface area contributed by atoms with Crippen molar-refractivity contribution in [2.45, 2.75) is 49.9 Å². The summed E-state index contributed by atoms with van der Waals surface area (Å²) < 4.78 is 127. The van der Waals surface area contributed by atoms with E-state index < -0.39 is 63.5 Å². The number of hydrogen-bond donors (Lipinski definition) is 1. The second kappa shape index (κ2) is 11.8. The molecule has 5 rings (SSSR count). The molecule has 1 fully saturated rings. The van der Waals surface area contributed by atoms with Crippen LogP contribution in [0.2, 0.25) is 0 Å². The number of hydrogen-bond acceptors (Lipinski definition) is 4. The molecule has 0 saturated carbocycles. The van der Waals surface area contributed by atoms with Gasteiger partial charge < -0.3 is 9.64 Å². The fraction of sp³-hybridized carbons (Fsp3) is 0.323. The minimum Gasteiger partial charge on any atom is -0.368 e. The zero-order valence-electron chi connectivity index (χ0n) is 23.8. The molecule has 2 heterocycles. The number of nitrogens with zero attached hydrogens (tertiary/aromatic N) is 1. The van der Waals surface area contributed by atoms with Crippen LogP contribution < -0.4 is 4.72 Å². The van der Waals surface area contributed by atoms with Crippen molar-refractivity contribution in [2.75, 3.05) is 17.5 Å². The van der Waals surface area contributed by atoms with Gasteiger partial charge in [-0.15, -0.1) is 0 Å². The van der Waals surface area contributed by atoms with Crippen LogP contribution in [0.1, 0.15) is 53.2 Å². The van der Waals surface area contributed by atoms with E-state index in [-0.39, 0.29) is 24.1 Å². The van der Waals surface area contributed by atoms with Crippen LogP contribution in [0.25, 0.3) is 5.57 Å². The van der Waals surface area contributed by atoms with Gasteiger partial charge in [0, 0.05) is 30.3 Å². The van der Waals surface area contributed by atoms with E-state index in [4.69, 9.17) is 4.74 Å². The molecular weight excluding hydrogens is 629 g/mol. The Morgan fingerprint density at radius 2 is 1.49 bits per heavy atom. The molecule has 0 spiro atoms. The van der Waals surface area contributed by atoms with Crippen molar-refractivity contribution >= 4 is 27.2 Å². The maximum absolute atomic E-state index is 13.9. The Kier molecular flexibility index (Phi) is 8.51. The van der Waals surface area contributed by atoms with Gasteiger partial charge >= 0.3 is 12.4 Å². The van der Waals surface area contributed by atoms with Crippen LogP contribution in [0.5, 0.6) is 0 Å². The largest absolute Gasteiger partial charge is 0.416 e. The third-order valence-electron chi connectivity index (χ3n) is 7.87. The molecule has 0 radical (unpaired) electrons. The van der Waals surface area contributed by atoms with E-state index in [2.05, 4.69) is 4.72 Å². The molecule has 4 atom stereocenters. The van der Waals surface area contributed by atoms with Crippen LogP contribution in [0, 0.1) is 5.82 Å². The van der Waals surface area contributed by atoms with Gasteiger partial charge in [-0.1, -0.05) is 24.3 Å². The number of carbonyl (C=O) groups excluding carboxylic acids is 1. The molecule has 2 aliphatic heterocycles.